The molecule has 3 unspecified atom stereocenters. The summed E-state index contributed by atoms with van der Waals surface area (Å²) in [6.07, 6.45) is 4.21. The number of hydrogen-bond donors (Lipinski definition) is 1. The maximum absolute atomic E-state index is 14.5. The van der Waals surface area contributed by atoms with Crippen molar-refractivity contribution in [3.63, 3.8) is 0 Å². The van der Waals surface area contributed by atoms with E-state index in [-0.39, 0.29) is 56.0 Å². The van der Waals surface area contributed by atoms with Crippen molar-refractivity contribution in [3.8, 4) is 0 Å². The summed E-state index contributed by atoms with van der Waals surface area (Å²) in [4.78, 5) is 44.8. The molecule has 2 amide bonds. The van der Waals surface area contributed by atoms with Crippen LogP contribution in [-0.4, -0.2) is 90.0 Å². The summed E-state index contributed by atoms with van der Waals surface area (Å²) in [5.41, 5.74) is 1.51. The summed E-state index contributed by atoms with van der Waals surface area (Å²) >= 11 is 1.59. The highest BCUT2D eigenvalue weighted by Gasteiger charge is 2.76. The van der Waals surface area contributed by atoms with Crippen LogP contribution in [0.15, 0.2) is 49.6 Å². The quantitative estimate of drug-likeness (QED) is 0.340. The highest BCUT2D eigenvalue weighted by molar-refractivity contribution is 8.02. The normalized spacial score (nSPS) is 29.5. The molecule has 10 nitrogen and oxygen atoms in total. The van der Waals surface area contributed by atoms with Crippen LogP contribution in [0, 0.1) is 17.8 Å². The van der Waals surface area contributed by atoms with Crippen molar-refractivity contribution in [1.29, 1.82) is 0 Å². The molecule has 1 aromatic heterocycles. The zero-order valence-electron chi connectivity index (χ0n) is 21.4. The maximum atomic E-state index is 14.5. The van der Waals surface area contributed by atoms with Crippen LogP contribution in [0.1, 0.15) is 19.8 Å². The van der Waals surface area contributed by atoms with E-state index in [4.69, 9.17) is 4.74 Å². The fourth-order valence-corrected chi connectivity index (χ4v) is 8.92. The standard InChI is InChI=1S/C27H33N5O5S/c1-4-11-30(16-32-19-10-7-6-9-18(19)28-29-32)25(35)23-27-17(3)15-20(38-27)21(26(36)37-14-5-2)22(27)24(34)31(23)12-8-13-33/h4-7,9-10,17,20-23,33H,1-2,8,11-16H2,3H3/t17?,20-,21+,22-,23?,27?/m0/s1. The predicted molar refractivity (Wildman–Crippen MR) is 143 cm³/mol. The molecule has 11 heteroatoms. The monoisotopic (exact) mass is 539 g/mol. The molecule has 6 atom stereocenters. The van der Waals surface area contributed by atoms with E-state index in [0.717, 1.165) is 17.5 Å². The van der Waals surface area contributed by atoms with Gasteiger partial charge in [0, 0.05) is 24.9 Å². The van der Waals surface area contributed by atoms with Gasteiger partial charge >= 0.3 is 5.97 Å². The summed E-state index contributed by atoms with van der Waals surface area (Å²) < 4.78 is 6.31. The number of hydrogen-bond acceptors (Lipinski definition) is 8. The molecule has 2 bridgehead atoms. The van der Waals surface area contributed by atoms with Crippen molar-refractivity contribution in [2.45, 2.75) is 42.5 Å². The number of aliphatic hydroxyl groups excluding tert-OH is 1. The van der Waals surface area contributed by atoms with Crippen LogP contribution in [0.2, 0.25) is 0 Å². The molecule has 3 aliphatic rings. The van der Waals surface area contributed by atoms with Gasteiger partial charge in [-0.25, -0.2) is 4.68 Å². The van der Waals surface area contributed by atoms with Gasteiger partial charge in [-0.1, -0.05) is 43.0 Å². The third-order valence-electron chi connectivity index (χ3n) is 8.04. The average Bonchev–Trinajstić information content (AvgIpc) is 3.63. The van der Waals surface area contributed by atoms with Crippen molar-refractivity contribution < 1.29 is 24.2 Å². The SMILES string of the molecule is C=CCOC(=O)[C@@H]1[C@@H]2CC(C)C3(S2)C(C(=O)N(CC=C)Cn2nnc4ccccc42)N(CCCO)C(=O)[C@H]13. The van der Waals surface area contributed by atoms with E-state index < -0.39 is 28.6 Å². The minimum atomic E-state index is -0.788. The molecule has 3 fully saturated rings. The van der Waals surface area contributed by atoms with Crippen LogP contribution in [0.4, 0.5) is 0 Å². The van der Waals surface area contributed by atoms with Crippen LogP contribution < -0.4 is 0 Å². The number of aromatic nitrogens is 3. The molecule has 1 aromatic carbocycles. The Kier molecular flexibility index (Phi) is 7.32. The van der Waals surface area contributed by atoms with E-state index in [1.807, 2.05) is 24.3 Å². The molecular formula is C27H33N5O5S. The fourth-order valence-electron chi connectivity index (χ4n) is 6.52. The smallest absolute Gasteiger partial charge is 0.311 e. The number of ether oxygens (including phenoxy) is 1. The Labute approximate surface area is 225 Å². The highest BCUT2D eigenvalue weighted by atomic mass is 32.2. The first-order valence-electron chi connectivity index (χ1n) is 12.9. The van der Waals surface area contributed by atoms with Crippen LogP contribution in [0.25, 0.3) is 11.0 Å². The molecule has 0 radical (unpaired) electrons. The Bertz CT molecular complexity index is 1270. The predicted octanol–water partition coefficient (Wildman–Crippen LogP) is 1.85. The van der Waals surface area contributed by atoms with E-state index in [0.29, 0.717) is 6.42 Å². The fraction of sp³-hybridized carbons (Fsp3) is 0.519. The van der Waals surface area contributed by atoms with Gasteiger partial charge < -0.3 is 19.6 Å². The van der Waals surface area contributed by atoms with E-state index >= 15 is 0 Å². The first-order valence-corrected chi connectivity index (χ1v) is 13.8. The summed E-state index contributed by atoms with van der Waals surface area (Å²) in [6, 6.07) is 6.73. The van der Waals surface area contributed by atoms with E-state index in [2.05, 4.69) is 30.4 Å². The summed E-state index contributed by atoms with van der Waals surface area (Å²) in [6.45, 7) is 10.1. The minimum absolute atomic E-state index is 0.0285. The van der Waals surface area contributed by atoms with E-state index in [1.54, 1.807) is 32.3 Å². The van der Waals surface area contributed by atoms with Crippen molar-refractivity contribution in [2.75, 3.05) is 26.3 Å². The number of carbonyl (C=O) groups excluding carboxylic acids is 3. The lowest BCUT2D eigenvalue weighted by molar-refractivity contribution is -0.153. The van der Waals surface area contributed by atoms with Crippen molar-refractivity contribution in [1.82, 2.24) is 24.8 Å². The number of likely N-dealkylation sites (tertiary alicyclic amines) is 1. The number of amides is 2. The van der Waals surface area contributed by atoms with Gasteiger partial charge in [0.25, 0.3) is 0 Å². The second-order valence-electron chi connectivity index (χ2n) is 10.1. The molecular weight excluding hydrogens is 506 g/mol. The lowest BCUT2D eigenvalue weighted by atomic mass is 9.66. The topological polar surface area (TPSA) is 118 Å². The number of fused-ring (bicyclic) bond motifs is 2. The zero-order chi connectivity index (χ0) is 27.0. The number of rotatable bonds is 11. The molecule has 3 aliphatic heterocycles. The largest absolute Gasteiger partial charge is 0.461 e. The molecule has 3 saturated heterocycles. The van der Waals surface area contributed by atoms with Crippen LogP contribution in [0.3, 0.4) is 0 Å². The molecule has 5 rings (SSSR count). The van der Waals surface area contributed by atoms with Crippen molar-refractivity contribution in [3.05, 3.63) is 49.6 Å². The molecule has 0 aliphatic carbocycles. The van der Waals surface area contributed by atoms with Gasteiger partial charge in [-0.3, -0.25) is 14.4 Å². The summed E-state index contributed by atoms with van der Waals surface area (Å²) in [5, 5.41) is 17.9. The van der Waals surface area contributed by atoms with Gasteiger partial charge in [-0.2, -0.15) is 0 Å². The Hall–Kier alpha value is -3.18. The Morgan fingerprint density at radius 1 is 1.32 bits per heavy atom. The molecule has 2 aromatic rings. The second-order valence-corrected chi connectivity index (χ2v) is 11.7. The lowest BCUT2D eigenvalue weighted by Crippen LogP contribution is -2.57. The number of aliphatic hydroxyl groups is 1. The number of benzene rings is 1. The molecule has 1 spiro atoms. The van der Waals surface area contributed by atoms with E-state index in [1.165, 1.54) is 6.08 Å². The first kappa shape index (κ1) is 26.4. The van der Waals surface area contributed by atoms with Crippen LogP contribution >= 0.6 is 11.8 Å². The highest BCUT2D eigenvalue weighted by Crippen LogP contribution is 2.68. The number of carbonyl (C=O) groups is 3. The number of esters is 1. The Morgan fingerprint density at radius 2 is 2.11 bits per heavy atom. The third kappa shape index (κ3) is 4.03. The maximum Gasteiger partial charge on any atom is 0.311 e. The molecule has 202 valence electrons. The van der Waals surface area contributed by atoms with Gasteiger partial charge in [0.15, 0.2) is 0 Å². The average molecular weight is 540 g/mol. The van der Waals surface area contributed by atoms with E-state index in [9.17, 15) is 19.5 Å². The number of thioether (sulfide) groups is 1. The zero-order valence-corrected chi connectivity index (χ0v) is 22.3. The Morgan fingerprint density at radius 3 is 2.84 bits per heavy atom. The van der Waals surface area contributed by atoms with Crippen molar-refractivity contribution >= 4 is 40.6 Å². The van der Waals surface area contributed by atoms with Crippen LogP contribution in [0.5, 0.6) is 0 Å². The van der Waals surface area contributed by atoms with Crippen molar-refractivity contribution in [2.24, 2.45) is 17.8 Å². The summed E-state index contributed by atoms with van der Waals surface area (Å²) in [5.74, 6) is -2.11. The molecule has 1 N–H and O–H groups in total. The number of nitrogens with zero attached hydrogens (tertiary/aromatic N) is 5. The first-order chi connectivity index (χ1) is 18.4. The van der Waals surface area contributed by atoms with Gasteiger partial charge in [0.2, 0.25) is 11.8 Å². The second kappa shape index (κ2) is 10.5. The van der Waals surface area contributed by atoms with Gasteiger partial charge in [0.05, 0.1) is 22.1 Å². The molecule has 0 saturated carbocycles. The van der Waals surface area contributed by atoms with Gasteiger partial charge in [0.1, 0.15) is 24.8 Å². The van der Waals surface area contributed by atoms with Gasteiger partial charge in [-0.05, 0) is 30.9 Å². The Balaban J connectivity index is 1.53. The lowest BCUT2D eigenvalue weighted by Gasteiger charge is -2.40. The molecule has 4 heterocycles. The third-order valence-corrected chi connectivity index (χ3v) is 10.1. The number of para-hydroxylation sites is 1. The molecule has 38 heavy (non-hydrogen) atoms. The van der Waals surface area contributed by atoms with Gasteiger partial charge in [-0.15, -0.1) is 23.4 Å². The summed E-state index contributed by atoms with van der Waals surface area (Å²) in [7, 11) is 0. The minimum Gasteiger partial charge on any atom is -0.461 e. The van der Waals surface area contributed by atoms with Crippen LogP contribution in [-0.2, 0) is 25.8 Å².